The van der Waals surface area contributed by atoms with Gasteiger partial charge in [0.1, 0.15) is 11.4 Å². The van der Waals surface area contributed by atoms with Crippen LogP contribution < -0.4 is 10.6 Å². The Balaban J connectivity index is 1.38. The molecule has 1 aromatic carbocycles. The maximum absolute atomic E-state index is 13.3. The summed E-state index contributed by atoms with van der Waals surface area (Å²) < 4.78 is 39.9. The van der Waals surface area contributed by atoms with Gasteiger partial charge in [-0.2, -0.15) is 13.2 Å². The zero-order chi connectivity index (χ0) is 26.1. The van der Waals surface area contributed by atoms with Crippen molar-refractivity contribution in [2.45, 2.75) is 38.0 Å². The smallest absolute Gasteiger partial charge is 0.354 e. The number of carbonyl (C=O) groups excluding carboxylic acids is 2. The minimum atomic E-state index is -4.58. The second-order valence-corrected chi connectivity index (χ2v) is 8.88. The molecule has 1 aliphatic rings. The lowest BCUT2D eigenvalue weighted by atomic mass is 10.1. The van der Waals surface area contributed by atoms with E-state index in [0.29, 0.717) is 35.6 Å². The van der Waals surface area contributed by atoms with Gasteiger partial charge in [0.05, 0.1) is 40.9 Å². The molecule has 4 rings (SSSR count). The molecule has 2 aromatic heterocycles. The van der Waals surface area contributed by atoms with Gasteiger partial charge in [0.15, 0.2) is 0 Å². The first-order chi connectivity index (χ1) is 17.0. The topological polar surface area (TPSA) is 100 Å². The number of hydrogen-bond donors (Lipinski definition) is 2. The number of hydrogen-bond acceptors (Lipinski definition) is 6. The highest BCUT2D eigenvalue weighted by molar-refractivity contribution is 6.30. The zero-order valence-corrected chi connectivity index (χ0v) is 20.1. The number of halogens is 4. The van der Waals surface area contributed by atoms with Crippen LogP contribution in [-0.4, -0.2) is 44.3 Å². The van der Waals surface area contributed by atoms with Crippen LogP contribution in [0.4, 0.5) is 24.5 Å². The molecule has 2 amide bonds. The Morgan fingerprint density at radius 1 is 1.08 bits per heavy atom. The normalized spacial score (nSPS) is 14.2. The number of anilines is 2. The Morgan fingerprint density at radius 2 is 1.78 bits per heavy atom. The molecule has 2 N–H and O–H groups in total. The monoisotopic (exact) mass is 518 g/mol. The van der Waals surface area contributed by atoms with Gasteiger partial charge in [-0.15, -0.1) is 0 Å². The van der Waals surface area contributed by atoms with Crippen LogP contribution in [-0.2, 0) is 17.5 Å². The van der Waals surface area contributed by atoms with Crippen LogP contribution >= 0.6 is 11.6 Å². The van der Waals surface area contributed by atoms with E-state index >= 15 is 0 Å². The molecule has 0 unspecified atom stereocenters. The quantitative estimate of drug-likeness (QED) is 0.477. The van der Waals surface area contributed by atoms with Crippen LogP contribution in [0.5, 0.6) is 0 Å². The molecule has 8 nitrogen and oxygen atoms in total. The molecular weight excluding hydrogens is 497 g/mol. The highest BCUT2D eigenvalue weighted by atomic mass is 35.5. The standard InChI is InChI=1S/C24H22ClF3N6O2/c1-14-29-10-15(11-30-14)21(35)34(2)23(7-8-23)22(36)32-12-17-4-5-18(13-31-17)33-20-6-3-16(25)9-19(20)24(26,27)28/h3-6,9-11,13,33H,7-8,12H2,1-2H3,(H,32,36). The highest BCUT2D eigenvalue weighted by Gasteiger charge is 2.55. The van der Waals surface area contributed by atoms with Crippen LogP contribution in [0.3, 0.4) is 0 Å². The van der Waals surface area contributed by atoms with Crippen molar-refractivity contribution in [1.82, 2.24) is 25.2 Å². The summed E-state index contributed by atoms with van der Waals surface area (Å²) in [5.41, 5.74) is -0.873. The van der Waals surface area contributed by atoms with Gasteiger partial charge in [0.25, 0.3) is 5.91 Å². The van der Waals surface area contributed by atoms with Crippen molar-refractivity contribution in [2.24, 2.45) is 0 Å². The molecule has 12 heteroatoms. The average Bonchev–Trinajstić information content (AvgIpc) is 3.65. The second-order valence-electron chi connectivity index (χ2n) is 8.45. The van der Waals surface area contributed by atoms with Crippen molar-refractivity contribution in [3.8, 4) is 0 Å². The van der Waals surface area contributed by atoms with E-state index in [2.05, 4.69) is 25.6 Å². The van der Waals surface area contributed by atoms with E-state index in [1.54, 1.807) is 26.1 Å². The number of rotatable bonds is 7. The summed E-state index contributed by atoms with van der Waals surface area (Å²) in [6.45, 7) is 1.80. The number of amides is 2. The predicted octanol–water partition coefficient (Wildman–Crippen LogP) is 4.52. The summed E-state index contributed by atoms with van der Waals surface area (Å²) in [7, 11) is 1.57. The molecule has 0 saturated heterocycles. The summed E-state index contributed by atoms with van der Waals surface area (Å²) in [6, 6.07) is 6.60. The van der Waals surface area contributed by atoms with E-state index in [9.17, 15) is 22.8 Å². The first kappa shape index (κ1) is 25.4. The first-order valence-electron chi connectivity index (χ1n) is 10.9. The zero-order valence-electron chi connectivity index (χ0n) is 19.4. The summed E-state index contributed by atoms with van der Waals surface area (Å²) in [4.78, 5) is 39.4. The number of benzene rings is 1. The molecule has 0 bridgehead atoms. The summed E-state index contributed by atoms with van der Waals surface area (Å²) in [5.74, 6) is -0.126. The van der Waals surface area contributed by atoms with Gasteiger partial charge in [-0.05, 0) is 50.1 Å². The van der Waals surface area contributed by atoms with Gasteiger partial charge in [-0.1, -0.05) is 11.6 Å². The molecule has 0 radical (unpaired) electrons. The number of aryl methyl sites for hydroxylation is 1. The number of carbonyl (C=O) groups is 2. The van der Waals surface area contributed by atoms with Gasteiger partial charge in [0, 0.05) is 24.5 Å². The van der Waals surface area contributed by atoms with Crippen LogP contribution in [0.1, 0.15) is 40.3 Å². The van der Waals surface area contributed by atoms with E-state index in [1.165, 1.54) is 35.6 Å². The summed E-state index contributed by atoms with van der Waals surface area (Å²) in [5, 5.41) is 5.47. The lowest BCUT2D eigenvalue weighted by Gasteiger charge is -2.27. The lowest BCUT2D eigenvalue weighted by molar-refractivity contribution is -0.137. The third-order valence-corrected chi connectivity index (χ3v) is 6.18. The minimum absolute atomic E-state index is 0.0231. The maximum Gasteiger partial charge on any atom is 0.418 e. The van der Waals surface area contributed by atoms with Gasteiger partial charge in [-0.3, -0.25) is 14.6 Å². The number of nitrogens with zero attached hydrogens (tertiary/aromatic N) is 4. The van der Waals surface area contributed by atoms with E-state index < -0.39 is 17.3 Å². The Bertz CT molecular complexity index is 1280. The molecule has 36 heavy (non-hydrogen) atoms. The highest BCUT2D eigenvalue weighted by Crippen LogP contribution is 2.42. The van der Waals surface area contributed by atoms with Crippen molar-refractivity contribution in [3.63, 3.8) is 0 Å². The number of nitrogens with one attached hydrogen (secondary N) is 2. The fourth-order valence-corrected chi connectivity index (χ4v) is 3.85. The predicted molar refractivity (Wildman–Crippen MR) is 127 cm³/mol. The Kier molecular flexibility index (Phi) is 6.85. The largest absolute Gasteiger partial charge is 0.418 e. The van der Waals surface area contributed by atoms with Crippen LogP contribution in [0, 0.1) is 6.92 Å². The molecule has 0 aliphatic heterocycles. The number of pyridine rings is 1. The second kappa shape index (κ2) is 9.73. The Hall–Kier alpha value is -3.73. The molecular formula is C24H22ClF3N6O2. The van der Waals surface area contributed by atoms with Crippen molar-refractivity contribution < 1.29 is 22.8 Å². The first-order valence-corrected chi connectivity index (χ1v) is 11.3. The fourth-order valence-electron chi connectivity index (χ4n) is 3.68. The average molecular weight is 519 g/mol. The third-order valence-electron chi connectivity index (χ3n) is 5.94. The van der Waals surface area contributed by atoms with E-state index in [0.717, 1.165) is 6.07 Å². The molecule has 2 heterocycles. The van der Waals surface area contributed by atoms with Crippen molar-refractivity contribution in [3.05, 3.63) is 76.6 Å². The van der Waals surface area contributed by atoms with Crippen molar-refractivity contribution >= 4 is 34.8 Å². The van der Waals surface area contributed by atoms with Gasteiger partial charge < -0.3 is 15.5 Å². The van der Waals surface area contributed by atoms with E-state index in [1.807, 2.05) is 0 Å². The van der Waals surface area contributed by atoms with Gasteiger partial charge in [0.2, 0.25) is 5.91 Å². The van der Waals surface area contributed by atoms with E-state index in [4.69, 9.17) is 11.6 Å². The fraction of sp³-hybridized carbons (Fsp3) is 0.292. The van der Waals surface area contributed by atoms with Crippen LogP contribution in [0.25, 0.3) is 0 Å². The van der Waals surface area contributed by atoms with E-state index in [-0.39, 0.29) is 29.1 Å². The molecule has 1 fully saturated rings. The molecule has 0 spiro atoms. The molecule has 3 aromatic rings. The van der Waals surface area contributed by atoms with Crippen molar-refractivity contribution in [1.29, 1.82) is 0 Å². The van der Waals surface area contributed by atoms with Crippen LogP contribution in [0.15, 0.2) is 48.9 Å². The number of aromatic nitrogens is 3. The molecule has 1 saturated carbocycles. The molecule has 188 valence electrons. The summed E-state index contributed by atoms with van der Waals surface area (Å²) >= 11 is 5.72. The minimum Gasteiger partial charge on any atom is -0.354 e. The number of alkyl halides is 3. The van der Waals surface area contributed by atoms with Gasteiger partial charge >= 0.3 is 6.18 Å². The van der Waals surface area contributed by atoms with Crippen LogP contribution in [0.2, 0.25) is 5.02 Å². The molecule has 1 aliphatic carbocycles. The molecule has 0 atom stereocenters. The summed E-state index contributed by atoms with van der Waals surface area (Å²) in [6.07, 6.45) is 0.688. The SMILES string of the molecule is Cc1ncc(C(=O)N(C)C2(C(=O)NCc3ccc(Nc4ccc(Cl)cc4C(F)(F)F)cn3)CC2)cn1. The Labute approximate surface area is 209 Å². The lowest BCUT2D eigenvalue weighted by Crippen LogP contribution is -2.49. The van der Waals surface area contributed by atoms with Crippen molar-refractivity contribution in [2.75, 3.05) is 12.4 Å². The number of likely N-dealkylation sites (N-methyl/N-ethyl adjacent to an activating group) is 1. The third kappa shape index (κ3) is 5.40. The van der Waals surface area contributed by atoms with Gasteiger partial charge in [-0.25, -0.2) is 9.97 Å². The Morgan fingerprint density at radius 3 is 2.36 bits per heavy atom. The maximum atomic E-state index is 13.3.